The van der Waals surface area contributed by atoms with Crippen LogP contribution in [-0.4, -0.2) is 18.7 Å². The van der Waals surface area contributed by atoms with Crippen molar-refractivity contribution in [1.82, 2.24) is 0 Å². The molecule has 0 aliphatic carbocycles. The second-order valence-corrected chi connectivity index (χ2v) is 3.76. The van der Waals surface area contributed by atoms with Crippen LogP contribution in [0.2, 0.25) is 0 Å². The molecule has 0 radical (unpaired) electrons. The Morgan fingerprint density at radius 2 is 2.00 bits per heavy atom. The summed E-state index contributed by atoms with van der Waals surface area (Å²) >= 11 is 0. The summed E-state index contributed by atoms with van der Waals surface area (Å²) in [4.78, 5) is 22.5. The fourth-order valence-corrected chi connectivity index (χ4v) is 1.44. The van der Waals surface area contributed by atoms with Crippen LogP contribution in [0.5, 0.6) is 0 Å². The van der Waals surface area contributed by atoms with Crippen molar-refractivity contribution in [3.05, 3.63) is 35.4 Å². The number of ketones is 2. The molecule has 3 heteroatoms. The Hall–Kier alpha value is -1.48. The molecule has 0 heterocycles. The van der Waals surface area contributed by atoms with Gasteiger partial charge in [0.15, 0.2) is 5.78 Å². The van der Waals surface area contributed by atoms with E-state index < -0.39 is 0 Å². The van der Waals surface area contributed by atoms with Crippen LogP contribution in [0.15, 0.2) is 24.3 Å². The molecule has 0 unspecified atom stereocenters. The highest BCUT2D eigenvalue weighted by Gasteiger charge is 2.07. The maximum Gasteiger partial charge on any atom is 0.163 e. The SMILES string of the molecule is COCc1cccc(C(=O)CCC(C)=O)c1. The van der Waals surface area contributed by atoms with Gasteiger partial charge in [0, 0.05) is 25.5 Å². The zero-order valence-corrected chi connectivity index (χ0v) is 9.66. The quantitative estimate of drug-likeness (QED) is 0.691. The first-order valence-electron chi connectivity index (χ1n) is 5.24. The van der Waals surface area contributed by atoms with Gasteiger partial charge in [-0.3, -0.25) is 4.79 Å². The van der Waals surface area contributed by atoms with Crippen molar-refractivity contribution in [3.8, 4) is 0 Å². The summed E-state index contributed by atoms with van der Waals surface area (Å²) in [5.74, 6) is 0.0505. The average Bonchev–Trinajstić information content (AvgIpc) is 2.26. The molecule has 3 nitrogen and oxygen atoms in total. The summed E-state index contributed by atoms with van der Waals surface area (Å²) in [7, 11) is 1.62. The monoisotopic (exact) mass is 220 g/mol. The Kier molecular flexibility index (Phi) is 4.86. The van der Waals surface area contributed by atoms with Crippen molar-refractivity contribution in [2.75, 3.05) is 7.11 Å². The third kappa shape index (κ3) is 3.95. The van der Waals surface area contributed by atoms with Crippen molar-refractivity contribution in [1.29, 1.82) is 0 Å². The van der Waals surface area contributed by atoms with Crippen LogP contribution in [0.1, 0.15) is 35.7 Å². The van der Waals surface area contributed by atoms with E-state index in [1.165, 1.54) is 6.92 Å². The minimum Gasteiger partial charge on any atom is -0.380 e. The van der Waals surface area contributed by atoms with E-state index in [4.69, 9.17) is 4.74 Å². The third-order valence-corrected chi connectivity index (χ3v) is 2.26. The summed E-state index contributed by atoms with van der Waals surface area (Å²) in [5, 5.41) is 0. The third-order valence-electron chi connectivity index (χ3n) is 2.26. The van der Waals surface area contributed by atoms with Gasteiger partial charge in [-0.05, 0) is 18.6 Å². The lowest BCUT2D eigenvalue weighted by molar-refractivity contribution is -0.116. The van der Waals surface area contributed by atoms with Gasteiger partial charge in [0.05, 0.1) is 6.61 Å². The molecule has 0 amide bonds. The van der Waals surface area contributed by atoms with E-state index >= 15 is 0 Å². The van der Waals surface area contributed by atoms with Gasteiger partial charge < -0.3 is 9.53 Å². The summed E-state index contributed by atoms with van der Waals surface area (Å²) in [6, 6.07) is 7.31. The molecule has 0 atom stereocenters. The molecule has 0 spiro atoms. The average molecular weight is 220 g/mol. The molecule has 1 aromatic rings. The number of carbonyl (C=O) groups excluding carboxylic acids is 2. The topological polar surface area (TPSA) is 43.4 Å². The fraction of sp³-hybridized carbons (Fsp3) is 0.385. The number of ether oxygens (including phenoxy) is 1. The van der Waals surface area contributed by atoms with Gasteiger partial charge in [-0.2, -0.15) is 0 Å². The second kappa shape index (κ2) is 6.18. The Balaban J connectivity index is 2.67. The predicted molar refractivity (Wildman–Crippen MR) is 61.4 cm³/mol. The molecule has 86 valence electrons. The Morgan fingerprint density at radius 3 is 2.62 bits per heavy atom. The highest BCUT2D eigenvalue weighted by molar-refractivity contribution is 5.98. The highest BCUT2D eigenvalue weighted by Crippen LogP contribution is 2.10. The van der Waals surface area contributed by atoms with Gasteiger partial charge in [0.2, 0.25) is 0 Å². The van der Waals surface area contributed by atoms with E-state index in [0.29, 0.717) is 18.6 Å². The van der Waals surface area contributed by atoms with Crippen molar-refractivity contribution in [3.63, 3.8) is 0 Å². The van der Waals surface area contributed by atoms with Gasteiger partial charge in [0.25, 0.3) is 0 Å². The van der Waals surface area contributed by atoms with Crippen LogP contribution in [0, 0.1) is 0 Å². The number of hydrogen-bond acceptors (Lipinski definition) is 3. The van der Waals surface area contributed by atoms with E-state index in [0.717, 1.165) is 5.56 Å². The molecule has 1 rings (SSSR count). The number of rotatable bonds is 6. The van der Waals surface area contributed by atoms with Gasteiger partial charge in [-0.15, -0.1) is 0 Å². The molecule has 1 aromatic carbocycles. The van der Waals surface area contributed by atoms with E-state index in [1.54, 1.807) is 13.2 Å². The minimum absolute atomic E-state index is 0.00755. The first-order chi connectivity index (χ1) is 7.63. The molecule has 0 bridgehead atoms. The van der Waals surface area contributed by atoms with Crippen molar-refractivity contribution < 1.29 is 14.3 Å². The Labute approximate surface area is 95.4 Å². The molecule has 0 saturated heterocycles. The summed E-state index contributed by atoms with van der Waals surface area (Å²) < 4.78 is 5.00. The Bertz CT molecular complexity index is 383. The number of benzene rings is 1. The number of Topliss-reactive ketones (excluding diaryl/α,β-unsaturated/α-hetero) is 2. The van der Waals surface area contributed by atoms with E-state index in [2.05, 4.69) is 0 Å². The van der Waals surface area contributed by atoms with Crippen LogP contribution in [0.4, 0.5) is 0 Å². The summed E-state index contributed by atoms with van der Waals surface area (Å²) in [6.45, 7) is 1.99. The van der Waals surface area contributed by atoms with Crippen LogP contribution in [0.25, 0.3) is 0 Å². The number of methoxy groups -OCH3 is 1. The van der Waals surface area contributed by atoms with E-state index in [9.17, 15) is 9.59 Å². The van der Waals surface area contributed by atoms with E-state index in [-0.39, 0.29) is 18.0 Å². The molecule has 0 aliphatic heterocycles. The van der Waals surface area contributed by atoms with Gasteiger partial charge >= 0.3 is 0 Å². The predicted octanol–water partition coefficient (Wildman–Crippen LogP) is 2.38. The molecule has 0 N–H and O–H groups in total. The van der Waals surface area contributed by atoms with Gasteiger partial charge in [-0.25, -0.2) is 0 Å². The standard InChI is InChI=1S/C13H16O3/c1-10(14)6-7-13(15)12-5-3-4-11(8-12)9-16-2/h3-5,8H,6-7,9H2,1-2H3. The minimum atomic E-state index is 0.00755. The maximum absolute atomic E-state index is 11.7. The van der Waals surface area contributed by atoms with Crippen molar-refractivity contribution in [2.24, 2.45) is 0 Å². The zero-order chi connectivity index (χ0) is 12.0. The highest BCUT2D eigenvalue weighted by atomic mass is 16.5. The first-order valence-corrected chi connectivity index (χ1v) is 5.24. The second-order valence-electron chi connectivity index (χ2n) is 3.76. The van der Waals surface area contributed by atoms with Gasteiger partial charge in [0.1, 0.15) is 5.78 Å². The normalized spacial score (nSPS) is 10.1. The lowest BCUT2D eigenvalue weighted by Crippen LogP contribution is -2.03. The van der Waals surface area contributed by atoms with Crippen LogP contribution in [-0.2, 0) is 16.1 Å². The van der Waals surface area contributed by atoms with Crippen molar-refractivity contribution >= 4 is 11.6 Å². The lowest BCUT2D eigenvalue weighted by Gasteiger charge is -2.03. The molecule has 0 aliphatic rings. The maximum atomic E-state index is 11.7. The van der Waals surface area contributed by atoms with Crippen LogP contribution in [0.3, 0.4) is 0 Å². The molecule has 0 aromatic heterocycles. The largest absolute Gasteiger partial charge is 0.380 e. The molecular weight excluding hydrogens is 204 g/mol. The smallest absolute Gasteiger partial charge is 0.163 e. The number of carbonyl (C=O) groups is 2. The Morgan fingerprint density at radius 1 is 1.25 bits per heavy atom. The fourth-order valence-electron chi connectivity index (χ4n) is 1.44. The van der Waals surface area contributed by atoms with Crippen LogP contribution >= 0.6 is 0 Å². The number of hydrogen-bond donors (Lipinski definition) is 0. The summed E-state index contributed by atoms with van der Waals surface area (Å²) in [5.41, 5.74) is 1.62. The molecule has 0 fully saturated rings. The zero-order valence-electron chi connectivity index (χ0n) is 9.66. The van der Waals surface area contributed by atoms with E-state index in [1.807, 2.05) is 18.2 Å². The summed E-state index contributed by atoms with van der Waals surface area (Å²) in [6.07, 6.45) is 0.596. The van der Waals surface area contributed by atoms with Crippen LogP contribution < -0.4 is 0 Å². The molecule has 0 saturated carbocycles. The first kappa shape index (κ1) is 12.6. The molecular formula is C13H16O3. The van der Waals surface area contributed by atoms with Crippen molar-refractivity contribution in [2.45, 2.75) is 26.4 Å². The lowest BCUT2D eigenvalue weighted by atomic mass is 10.0. The molecule has 16 heavy (non-hydrogen) atoms. The van der Waals surface area contributed by atoms with Gasteiger partial charge in [-0.1, -0.05) is 18.2 Å².